The summed E-state index contributed by atoms with van der Waals surface area (Å²) >= 11 is 6.19. The highest BCUT2D eigenvalue weighted by molar-refractivity contribution is 6.33. The lowest BCUT2D eigenvalue weighted by Gasteiger charge is -2.10. The van der Waals surface area contributed by atoms with Gasteiger partial charge >= 0.3 is 0 Å². The molecule has 0 bridgehead atoms. The number of halogens is 1. The maximum Gasteiger partial charge on any atom is 0.287 e. The molecular weight excluding hydrogens is 312 g/mol. The fourth-order valence-electron chi connectivity index (χ4n) is 2.14. The zero-order valence-electron chi connectivity index (χ0n) is 12.2. The highest BCUT2D eigenvalue weighted by atomic mass is 35.5. The highest BCUT2D eigenvalue weighted by Crippen LogP contribution is 2.22. The van der Waals surface area contributed by atoms with Gasteiger partial charge in [0.25, 0.3) is 5.56 Å². The molecule has 0 radical (unpaired) electrons. The van der Waals surface area contributed by atoms with Crippen LogP contribution in [0.15, 0.2) is 65.6 Å². The SMILES string of the molecule is Nc1ccc(Nc2cnn(Cc3ccccc3)c(=O)c2Cl)cc1. The molecule has 116 valence electrons. The van der Waals surface area contributed by atoms with Crippen LogP contribution in [0.5, 0.6) is 0 Å². The number of nitrogens with one attached hydrogen (secondary N) is 1. The first kappa shape index (κ1) is 15.1. The molecule has 0 unspecified atom stereocenters. The summed E-state index contributed by atoms with van der Waals surface area (Å²) in [6.07, 6.45) is 1.54. The zero-order chi connectivity index (χ0) is 16.2. The second-order valence-corrected chi connectivity index (χ2v) is 5.45. The molecule has 23 heavy (non-hydrogen) atoms. The van der Waals surface area contributed by atoms with E-state index in [2.05, 4.69) is 10.4 Å². The maximum absolute atomic E-state index is 12.3. The number of anilines is 3. The highest BCUT2D eigenvalue weighted by Gasteiger charge is 2.10. The molecule has 0 aliphatic rings. The average Bonchev–Trinajstić information content (AvgIpc) is 2.57. The Morgan fingerprint density at radius 2 is 1.78 bits per heavy atom. The van der Waals surface area contributed by atoms with Crippen molar-refractivity contribution in [1.29, 1.82) is 0 Å². The van der Waals surface area contributed by atoms with Crippen molar-refractivity contribution in [3.63, 3.8) is 0 Å². The van der Waals surface area contributed by atoms with Crippen LogP contribution in [-0.4, -0.2) is 9.78 Å². The minimum atomic E-state index is -0.337. The van der Waals surface area contributed by atoms with Crippen molar-refractivity contribution in [1.82, 2.24) is 9.78 Å². The van der Waals surface area contributed by atoms with E-state index in [-0.39, 0.29) is 10.6 Å². The molecule has 0 spiro atoms. The molecule has 0 amide bonds. The molecule has 1 aromatic heterocycles. The first-order chi connectivity index (χ1) is 11.1. The number of aromatic nitrogens is 2. The summed E-state index contributed by atoms with van der Waals surface area (Å²) < 4.78 is 1.34. The molecule has 2 aromatic carbocycles. The minimum Gasteiger partial charge on any atom is -0.399 e. The van der Waals surface area contributed by atoms with Gasteiger partial charge in [0.1, 0.15) is 5.02 Å². The topological polar surface area (TPSA) is 72.9 Å². The van der Waals surface area contributed by atoms with Gasteiger partial charge in [-0.1, -0.05) is 41.9 Å². The van der Waals surface area contributed by atoms with Gasteiger partial charge in [0, 0.05) is 11.4 Å². The Morgan fingerprint density at radius 3 is 2.48 bits per heavy atom. The van der Waals surface area contributed by atoms with Crippen LogP contribution in [0.3, 0.4) is 0 Å². The van der Waals surface area contributed by atoms with Crippen LogP contribution in [0.1, 0.15) is 5.56 Å². The van der Waals surface area contributed by atoms with Gasteiger partial charge in [0.05, 0.1) is 18.4 Å². The van der Waals surface area contributed by atoms with E-state index in [0.29, 0.717) is 17.9 Å². The van der Waals surface area contributed by atoms with E-state index >= 15 is 0 Å². The van der Waals surface area contributed by atoms with Gasteiger partial charge in [-0.25, -0.2) is 4.68 Å². The van der Waals surface area contributed by atoms with E-state index in [4.69, 9.17) is 17.3 Å². The third kappa shape index (κ3) is 3.52. The summed E-state index contributed by atoms with van der Waals surface area (Å²) in [6, 6.07) is 16.8. The first-order valence-corrected chi connectivity index (χ1v) is 7.43. The fraction of sp³-hybridized carbons (Fsp3) is 0.0588. The van der Waals surface area contributed by atoms with Crippen molar-refractivity contribution in [3.05, 3.63) is 81.7 Å². The van der Waals surface area contributed by atoms with Crippen molar-refractivity contribution in [2.24, 2.45) is 0 Å². The van der Waals surface area contributed by atoms with E-state index < -0.39 is 0 Å². The van der Waals surface area contributed by atoms with E-state index in [1.807, 2.05) is 30.3 Å². The Balaban J connectivity index is 1.85. The standard InChI is InChI=1S/C17H15ClN4O/c18-16-15(21-14-8-6-13(19)7-9-14)10-20-22(17(16)23)11-12-4-2-1-3-5-12/h1-10,21H,11,19H2. The molecule has 0 aliphatic carbocycles. The van der Waals surface area contributed by atoms with Crippen LogP contribution in [0.25, 0.3) is 0 Å². The summed E-state index contributed by atoms with van der Waals surface area (Å²) in [5.74, 6) is 0. The summed E-state index contributed by atoms with van der Waals surface area (Å²) in [6.45, 7) is 0.377. The maximum atomic E-state index is 12.3. The van der Waals surface area contributed by atoms with Crippen molar-refractivity contribution < 1.29 is 0 Å². The predicted octanol–water partition coefficient (Wildman–Crippen LogP) is 3.27. The minimum absolute atomic E-state index is 0.104. The molecule has 3 N–H and O–H groups in total. The number of rotatable bonds is 4. The summed E-state index contributed by atoms with van der Waals surface area (Å²) in [5.41, 5.74) is 8.20. The molecule has 3 aromatic rings. The lowest BCUT2D eigenvalue weighted by Crippen LogP contribution is -2.24. The third-order valence-electron chi connectivity index (χ3n) is 3.35. The van der Waals surface area contributed by atoms with Crippen molar-refractivity contribution in [2.45, 2.75) is 6.54 Å². The normalized spacial score (nSPS) is 10.5. The largest absolute Gasteiger partial charge is 0.399 e. The molecule has 0 saturated carbocycles. The second-order valence-electron chi connectivity index (χ2n) is 5.07. The van der Waals surface area contributed by atoms with Gasteiger partial charge in [-0.05, 0) is 29.8 Å². The number of nitrogen functional groups attached to an aromatic ring is 1. The van der Waals surface area contributed by atoms with E-state index in [9.17, 15) is 4.79 Å². The van der Waals surface area contributed by atoms with Crippen LogP contribution < -0.4 is 16.6 Å². The van der Waals surface area contributed by atoms with Crippen LogP contribution in [0, 0.1) is 0 Å². The molecule has 0 saturated heterocycles. The number of benzene rings is 2. The number of nitrogens with zero attached hydrogens (tertiary/aromatic N) is 2. The first-order valence-electron chi connectivity index (χ1n) is 7.05. The number of nitrogens with two attached hydrogens (primary N) is 1. The fourth-order valence-corrected chi connectivity index (χ4v) is 2.34. The Morgan fingerprint density at radius 1 is 1.09 bits per heavy atom. The Bertz CT molecular complexity index is 860. The van der Waals surface area contributed by atoms with Crippen molar-refractivity contribution in [3.8, 4) is 0 Å². The molecular formula is C17H15ClN4O. The molecule has 3 rings (SSSR count). The molecule has 1 heterocycles. The lowest BCUT2D eigenvalue weighted by atomic mass is 10.2. The summed E-state index contributed by atoms with van der Waals surface area (Å²) in [7, 11) is 0. The zero-order valence-corrected chi connectivity index (χ0v) is 13.0. The van der Waals surface area contributed by atoms with Gasteiger partial charge in [-0.2, -0.15) is 5.10 Å². The van der Waals surface area contributed by atoms with Gasteiger partial charge in [0.15, 0.2) is 0 Å². The Labute approximate surface area is 138 Å². The van der Waals surface area contributed by atoms with E-state index in [1.165, 1.54) is 4.68 Å². The van der Waals surface area contributed by atoms with Crippen molar-refractivity contribution in [2.75, 3.05) is 11.1 Å². The van der Waals surface area contributed by atoms with Crippen LogP contribution >= 0.6 is 11.6 Å². The molecule has 0 fully saturated rings. The average molecular weight is 327 g/mol. The van der Waals surface area contributed by atoms with Gasteiger partial charge < -0.3 is 11.1 Å². The molecule has 0 atom stereocenters. The summed E-state index contributed by atoms with van der Waals surface area (Å²) in [5, 5.41) is 7.35. The van der Waals surface area contributed by atoms with Gasteiger partial charge in [-0.3, -0.25) is 4.79 Å². The quantitative estimate of drug-likeness (QED) is 0.722. The number of hydrogen-bond donors (Lipinski definition) is 2. The third-order valence-corrected chi connectivity index (χ3v) is 3.72. The van der Waals surface area contributed by atoms with E-state index in [1.54, 1.807) is 30.5 Å². The smallest absolute Gasteiger partial charge is 0.287 e. The van der Waals surface area contributed by atoms with Crippen LogP contribution in [0.4, 0.5) is 17.1 Å². The molecule has 5 nitrogen and oxygen atoms in total. The van der Waals surface area contributed by atoms with Gasteiger partial charge in [0.2, 0.25) is 0 Å². The Hall–Kier alpha value is -2.79. The second kappa shape index (κ2) is 6.54. The molecule has 6 heteroatoms. The predicted molar refractivity (Wildman–Crippen MR) is 93.2 cm³/mol. The van der Waals surface area contributed by atoms with Crippen LogP contribution in [-0.2, 0) is 6.54 Å². The summed E-state index contributed by atoms with van der Waals surface area (Å²) in [4.78, 5) is 12.3. The lowest BCUT2D eigenvalue weighted by molar-refractivity contribution is 0.640. The Kier molecular flexibility index (Phi) is 4.30. The number of hydrogen-bond acceptors (Lipinski definition) is 4. The molecule has 0 aliphatic heterocycles. The van der Waals surface area contributed by atoms with Gasteiger partial charge in [-0.15, -0.1) is 0 Å². The monoisotopic (exact) mass is 326 g/mol. The van der Waals surface area contributed by atoms with Crippen molar-refractivity contribution >= 4 is 28.7 Å². The van der Waals surface area contributed by atoms with E-state index in [0.717, 1.165) is 11.3 Å². The van der Waals surface area contributed by atoms with Crippen LogP contribution in [0.2, 0.25) is 5.02 Å².